The van der Waals surface area contributed by atoms with E-state index in [9.17, 15) is 13.2 Å². The molecule has 6 heteroatoms. The number of rotatable bonds is 7. The number of methoxy groups -OCH3 is 1. The monoisotopic (exact) mass is 333 g/mol. The smallest absolute Gasteiger partial charge is 0.251 e. The van der Waals surface area contributed by atoms with Crippen LogP contribution in [0, 0.1) is 0 Å². The lowest BCUT2D eigenvalue weighted by Gasteiger charge is -2.07. The summed E-state index contributed by atoms with van der Waals surface area (Å²) in [6.07, 6.45) is 0. The maximum atomic E-state index is 12.0. The second-order valence-corrected chi connectivity index (χ2v) is 7.25. The van der Waals surface area contributed by atoms with Crippen molar-refractivity contribution in [1.82, 2.24) is 5.32 Å². The summed E-state index contributed by atoms with van der Waals surface area (Å²) < 4.78 is 29.1. The molecule has 2 aromatic carbocycles. The zero-order chi connectivity index (χ0) is 16.7. The Bertz CT molecular complexity index is 740. The van der Waals surface area contributed by atoms with E-state index in [1.165, 1.54) is 0 Å². The van der Waals surface area contributed by atoms with Crippen molar-refractivity contribution in [3.63, 3.8) is 0 Å². The molecule has 2 aromatic rings. The molecule has 0 aliphatic heterocycles. The van der Waals surface area contributed by atoms with E-state index in [0.717, 1.165) is 5.56 Å². The lowest BCUT2D eigenvalue weighted by atomic mass is 10.2. The number of amides is 1. The molecule has 0 heterocycles. The van der Waals surface area contributed by atoms with Gasteiger partial charge in [-0.05, 0) is 29.8 Å². The maximum Gasteiger partial charge on any atom is 0.251 e. The fourth-order valence-electron chi connectivity index (χ4n) is 2.06. The molecule has 5 nitrogen and oxygen atoms in total. The van der Waals surface area contributed by atoms with E-state index in [1.807, 2.05) is 6.07 Å². The highest BCUT2D eigenvalue weighted by molar-refractivity contribution is 7.90. The summed E-state index contributed by atoms with van der Waals surface area (Å²) >= 11 is 0. The molecule has 2 rings (SSSR count). The van der Waals surface area contributed by atoms with Crippen LogP contribution in [0.5, 0.6) is 5.75 Å². The standard InChI is InChI=1S/C17H19NO4S/c1-22-16-9-7-15(8-10-16)17(19)18-11-12-23(20,21)13-14-5-3-2-4-6-14/h2-10H,11-13H2,1H3,(H,18,19). The topological polar surface area (TPSA) is 72.5 Å². The number of nitrogens with one attached hydrogen (secondary N) is 1. The van der Waals surface area contributed by atoms with E-state index < -0.39 is 9.84 Å². The highest BCUT2D eigenvalue weighted by Gasteiger charge is 2.13. The number of benzene rings is 2. The van der Waals surface area contributed by atoms with Gasteiger partial charge in [0.15, 0.2) is 9.84 Å². The van der Waals surface area contributed by atoms with Crippen LogP contribution >= 0.6 is 0 Å². The Labute approximate surface area is 136 Å². The summed E-state index contributed by atoms with van der Waals surface area (Å²) in [4.78, 5) is 11.9. The van der Waals surface area contributed by atoms with Crippen LogP contribution in [0.2, 0.25) is 0 Å². The maximum absolute atomic E-state index is 12.0. The van der Waals surface area contributed by atoms with Crippen LogP contribution in [0.3, 0.4) is 0 Å². The zero-order valence-corrected chi connectivity index (χ0v) is 13.7. The number of sulfone groups is 1. The molecule has 1 amide bonds. The van der Waals surface area contributed by atoms with Crippen LogP contribution < -0.4 is 10.1 Å². The van der Waals surface area contributed by atoms with Crippen LogP contribution in [0.15, 0.2) is 54.6 Å². The number of hydrogen-bond donors (Lipinski definition) is 1. The second-order valence-electron chi connectivity index (χ2n) is 5.06. The second kappa shape index (κ2) is 7.78. The molecule has 23 heavy (non-hydrogen) atoms. The van der Waals surface area contributed by atoms with Gasteiger partial charge in [0.2, 0.25) is 0 Å². The Morgan fingerprint density at radius 3 is 2.30 bits per heavy atom. The molecule has 0 radical (unpaired) electrons. The molecule has 1 N–H and O–H groups in total. The zero-order valence-electron chi connectivity index (χ0n) is 12.9. The highest BCUT2D eigenvalue weighted by atomic mass is 32.2. The number of carbonyl (C=O) groups excluding carboxylic acids is 1. The number of hydrogen-bond acceptors (Lipinski definition) is 4. The molecule has 0 aliphatic rings. The first-order chi connectivity index (χ1) is 11.0. The van der Waals surface area contributed by atoms with Gasteiger partial charge >= 0.3 is 0 Å². The molecule has 0 aromatic heterocycles. The van der Waals surface area contributed by atoms with E-state index in [0.29, 0.717) is 11.3 Å². The normalized spacial score (nSPS) is 11.0. The van der Waals surface area contributed by atoms with Crippen LogP contribution in [-0.4, -0.2) is 33.7 Å². The minimum Gasteiger partial charge on any atom is -0.497 e. The lowest BCUT2D eigenvalue weighted by molar-refractivity contribution is 0.0956. The molecule has 0 spiro atoms. The van der Waals surface area contributed by atoms with E-state index in [1.54, 1.807) is 55.6 Å². The Balaban J connectivity index is 1.84. The summed E-state index contributed by atoms with van der Waals surface area (Å²) in [6.45, 7) is 0.0834. The molecule has 0 saturated heterocycles. The first-order valence-corrected chi connectivity index (χ1v) is 8.99. The van der Waals surface area contributed by atoms with Gasteiger partial charge in [0.05, 0.1) is 18.6 Å². The average Bonchev–Trinajstić information content (AvgIpc) is 2.55. The van der Waals surface area contributed by atoms with Gasteiger partial charge in [-0.1, -0.05) is 30.3 Å². The van der Waals surface area contributed by atoms with Crippen molar-refractivity contribution in [3.05, 3.63) is 65.7 Å². The van der Waals surface area contributed by atoms with Crippen LogP contribution in [0.4, 0.5) is 0 Å². The van der Waals surface area contributed by atoms with Crippen molar-refractivity contribution in [2.24, 2.45) is 0 Å². The minimum atomic E-state index is -3.26. The number of ether oxygens (including phenoxy) is 1. The first-order valence-electron chi connectivity index (χ1n) is 7.17. The third kappa shape index (κ3) is 5.41. The van der Waals surface area contributed by atoms with Crippen LogP contribution in [0.1, 0.15) is 15.9 Å². The van der Waals surface area contributed by atoms with Crippen molar-refractivity contribution in [3.8, 4) is 5.75 Å². The van der Waals surface area contributed by atoms with Crippen molar-refractivity contribution in [2.75, 3.05) is 19.4 Å². The van der Waals surface area contributed by atoms with E-state index in [-0.39, 0.29) is 24.0 Å². The molecule has 0 aliphatic carbocycles. The Kier molecular flexibility index (Phi) is 5.76. The summed E-state index contributed by atoms with van der Waals surface area (Å²) in [6, 6.07) is 15.6. The fraction of sp³-hybridized carbons (Fsp3) is 0.235. The van der Waals surface area contributed by atoms with Gasteiger partial charge in [-0.3, -0.25) is 4.79 Å². The molecule has 122 valence electrons. The van der Waals surface area contributed by atoms with Crippen LogP contribution in [0.25, 0.3) is 0 Å². The van der Waals surface area contributed by atoms with E-state index in [2.05, 4.69) is 5.32 Å². The van der Waals surface area contributed by atoms with Crippen LogP contribution in [-0.2, 0) is 15.6 Å². The van der Waals surface area contributed by atoms with Gasteiger partial charge in [0.25, 0.3) is 5.91 Å². The van der Waals surface area contributed by atoms with Crippen molar-refractivity contribution >= 4 is 15.7 Å². The first kappa shape index (κ1) is 17.0. The van der Waals surface area contributed by atoms with Crippen molar-refractivity contribution in [2.45, 2.75) is 5.75 Å². The Morgan fingerprint density at radius 1 is 1.04 bits per heavy atom. The molecule has 0 bridgehead atoms. The molecular weight excluding hydrogens is 314 g/mol. The van der Waals surface area contributed by atoms with E-state index >= 15 is 0 Å². The molecule has 0 saturated carbocycles. The van der Waals surface area contributed by atoms with Gasteiger partial charge < -0.3 is 10.1 Å². The predicted octanol–water partition coefficient (Wildman–Crippen LogP) is 2.04. The minimum absolute atomic E-state index is 0.0216. The third-order valence-electron chi connectivity index (χ3n) is 3.28. The van der Waals surface area contributed by atoms with Crippen molar-refractivity contribution < 1.29 is 17.9 Å². The summed E-state index contributed by atoms with van der Waals surface area (Å²) in [5, 5.41) is 2.62. The van der Waals surface area contributed by atoms with Gasteiger partial charge in [-0.15, -0.1) is 0 Å². The van der Waals surface area contributed by atoms with E-state index in [4.69, 9.17) is 4.74 Å². The molecule has 0 unspecified atom stereocenters. The van der Waals surface area contributed by atoms with Gasteiger partial charge in [-0.2, -0.15) is 0 Å². The average molecular weight is 333 g/mol. The molecule has 0 atom stereocenters. The summed E-state index contributed by atoms with van der Waals surface area (Å²) in [5.41, 5.74) is 1.21. The van der Waals surface area contributed by atoms with Crippen molar-refractivity contribution in [1.29, 1.82) is 0 Å². The Hall–Kier alpha value is -2.34. The molecule has 0 fully saturated rings. The predicted molar refractivity (Wildman–Crippen MR) is 89.3 cm³/mol. The number of carbonyl (C=O) groups is 1. The van der Waals surface area contributed by atoms with Gasteiger partial charge in [0.1, 0.15) is 5.75 Å². The SMILES string of the molecule is COc1ccc(C(=O)NCCS(=O)(=O)Cc2ccccc2)cc1. The van der Waals surface area contributed by atoms with Gasteiger partial charge in [0, 0.05) is 12.1 Å². The summed E-state index contributed by atoms with van der Waals surface area (Å²) in [7, 11) is -1.71. The summed E-state index contributed by atoms with van der Waals surface area (Å²) in [5.74, 6) is 0.241. The van der Waals surface area contributed by atoms with Gasteiger partial charge in [-0.25, -0.2) is 8.42 Å². The third-order valence-corrected chi connectivity index (χ3v) is 4.88. The quantitative estimate of drug-likeness (QED) is 0.841. The highest BCUT2D eigenvalue weighted by Crippen LogP contribution is 2.11. The Morgan fingerprint density at radius 2 is 1.70 bits per heavy atom. The lowest BCUT2D eigenvalue weighted by Crippen LogP contribution is -2.29. The largest absolute Gasteiger partial charge is 0.497 e. The molecular formula is C17H19NO4S. The fourth-order valence-corrected chi connectivity index (χ4v) is 3.32.